The van der Waals surface area contributed by atoms with E-state index in [1.165, 1.54) is 37.2 Å². The Balaban J connectivity index is 1.99. The molecule has 0 aliphatic rings. The molecule has 0 aromatic heterocycles. The molecule has 0 unspecified atom stereocenters. The molecule has 6 nitrogen and oxygen atoms in total. The molecule has 0 radical (unpaired) electrons. The summed E-state index contributed by atoms with van der Waals surface area (Å²) in [6.07, 6.45) is 1.34. The first-order valence-corrected chi connectivity index (χ1v) is 7.72. The quantitative estimate of drug-likeness (QED) is 0.444. The molecule has 0 heterocycles. The number of nitrogens with two attached hydrogens (primary N) is 1. The number of amidine groups is 1. The smallest absolute Gasteiger partial charge is 0.180 e. The first-order chi connectivity index (χ1) is 11.1. The van der Waals surface area contributed by atoms with Crippen molar-refractivity contribution in [3.8, 4) is 17.2 Å². The summed E-state index contributed by atoms with van der Waals surface area (Å²) in [6, 6.07) is 12.5. The van der Waals surface area contributed by atoms with Crippen molar-refractivity contribution in [2.24, 2.45) is 15.9 Å². The Hall–Kier alpha value is -2.67. The van der Waals surface area contributed by atoms with E-state index in [-0.39, 0.29) is 17.2 Å². The Morgan fingerprint density at radius 3 is 2.65 bits per heavy atom. The maximum absolute atomic E-state index is 9.74. The van der Waals surface area contributed by atoms with Gasteiger partial charge in [-0.05, 0) is 11.6 Å². The Morgan fingerprint density at radius 1 is 1.22 bits per heavy atom. The fraction of sp³-hybridized carbons (Fsp3) is 0.125. The van der Waals surface area contributed by atoms with E-state index >= 15 is 0 Å². The molecule has 0 amide bonds. The van der Waals surface area contributed by atoms with Crippen LogP contribution in [0.2, 0.25) is 0 Å². The van der Waals surface area contributed by atoms with E-state index < -0.39 is 0 Å². The number of hydrogen-bond donors (Lipinski definition) is 3. The highest BCUT2D eigenvalue weighted by molar-refractivity contribution is 8.13. The zero-order valence-electron chi connectivity index (χ0n) is 12.5. The Labute approximate surface area is 138 Å². The van der Waals surface area contributed by atoms with Gasteiger partial charge in [-0.25, -0.2) is 0 Å². The normalized spacial score (nSPS) is 11.8. The number of ether oxygens (including phenoxy) is 1. The minimum atomic E-state index is -0.149. The summed E-state index contributed by atoms with van der Waals surface area (Å²) in [5.74, 6) is 0.658. The van der Waals surface area contributed by atoms with E-state index in [0.717, 1.165) is 5.56 Å². The minimum Gasteiger partial charge on any atom is -0.507 e. The van der Waals surface area contributed by atoms with Crippen LogP contribution in [0.5, 0.6) is 17.2 Å². The number of nitrogens with zero attached hydrogens (tertiary/aromatic N) is 2. The van der Waals surface area contributed by atoms with Crippen LogP contribution in [-0.4, -0.2) is 28.7 Å². The molecule has 2 aromatic carbocycles. The van der Waals surface area contributed by atoms with Gasteiger partial charge in [-0.2, -0.15) is 5.10 Å². The highest BCUT2D eigenvalue weighted by Crippen LogP contribution is 2.32. The van der Waals surface area contributed by atoms with Crippen molar-refractivity contribution < 1.29 is 14.9 Å². The van der Waals surface area contributed by atoms with Gasteiger partial charge >= 0.3 is 0 Å². The van der Waals surface area contributed by atoms with E-state index in [9.17, 15) is 10.2 Å². The zero-order valence-corrected chi connectivity index (χ0v) is 13.3. The van der Waals surface area contributed by atoms with E-state index in [1.807, 2.05) is 30.3 Å². The molecule has 4 N–H and O–H groups in total. The molecule has 0 atom stereocenters. The molecule has 0 aliphatic heterocycles. The van der Waals surface area contributed by atoms with E-state index in [2.05, 4.69) is 10.2 Å². The summed E-state index contributed by atoms with van der Waals surface area (Å²) in [7, 11) is 1.42. The van der Waals surface area contributed by atoms with Crippen LogP contribution < -0.4 is 10.5 Å². The number of phenols is 2. The number of methoxy groups -OCH3 is 1. The van der Waals surface area contributed by atoms with Crippen LogP contribution in [0, 0.1) is 0 Å². The SMILES string of the molecule is COc1cc(C=NN=C(N)SCc2ccccc2)c(O)cc1O. The van der Waals surface area contributed by atoms with E-state index in [1.54, 1.807) is 0 Å². The summed E-state index contributed by atoms with van der Waals surface area (Å²) >= 11 is 1.37. The van der Waals surface area contributed by atoms with Crippen molar-refractivity contribution in [2.45, 2.75) is 5.75 Å². The van der Waals surface area contributed by atoms with Crippen LogP contribution in [0.1, 0.15) is 11.1 Å². The molecule has 0 saturated heterocycles. The van der Waals surface area contributed by atoms with Gasteiger partial charge in [0.2, 0.25) is 0 Å². The summed E-state index contributed by atoms with van der Waals surface area (Å²) < 4.78 is 4.97. The first kappa shape index (κ1) is 16.7. The van der Waals surface area contributed by atoms with Gasteiger partial charge in [0.1, 0.15) is 5.75 Å². The lowest BCUT2D eigenvalue weighted by Gasteiger charge is -2.05. The van der Waals surface area contributed by atoms with Gasteiger partial charge in [-0.3, -0.25) is 0 Å². The standard InChI is InChI=1S/C16H17N3O3S/c1-22-15-7-12(13(20)8-14(15)21)9-18-19-16(17)23-10-11-5-3-2-4-6-11/h2-9,20-21H,10H2,1H3,(H2,17,19). The molecule has 2 rings (SSSR count). The Morgan fingerprint density at radius 2 is 1.96 bits per heavy atom. The number of aromatic hydroxyl groups is 2. The average Bonchev–Trinajstić information content (AvgIpc) is 2.56. The highest BCUT2D eigenvalue weighted by atomic mass is 32.2. The summed E-state index contributed by atoms with van der Waals surface area (Å²) in [4.78, 5) is 0. The molecule has 2 aromatic rings. The topological polar surface area (TPSA) is 100 Å². The molecule has 0 aliphatic carbocycles. The third kappa shape index (κ3) is 4.93. The average molecular weight is 331 g/mol. The lowest BCUT2D eigenvalue weighted by Crippen LogP contribution is -2.06. The largest absolute Gasteiger partial charge is 0.507 e. The lowest BCUT2D eigenvalue weighted by atomic mass is 10.2. The van der Waals surface area contributed by atoms with Crippen molar-refractivity contribution >= 4 is 23.1 Å². The second kappa shape index (κ2) is 8.09. The summed E-state index contributed by atoms with van der Waals surface area (Å²) in [6.45, 7) is 0. The van der Waals surface area contributed by atoms with Gasteiger partial charge in [0, 0.05) is 17.4 Å². The first-order valence-electron chi connectivity index (χ1n) is 6.73. The maximum Gasteiger partial charge on any atom is 0.180 e. The van der Waals surface area contributed by atoms with E-state index in [4.69, 9.17) is 10.5 Å². The zero-order chi connectivity index (χ0) is 16.7. The molecular weight excluding hydrogens is 314 g/mol. The van der Waals surface area contributed by atoms with Gasteiger partial charge < -0.3 is 20.7 Å². The van der Waals surface area contributed by atoms with Crippen molar-refractivity contribution in [3.63, 3.8) is 0 Å². The second-order valence-corrected chi connectivity index (χ2v) is 5.54. The number of phenolic OH excluding ortho intramolecular Hbond substituents is 2. The summed E-state index contributed by atoms with van der Waals surface area (Å²) in [5, 5.41) is 27.3. The molecule has 0 saturated carbocycles. The van der Waals surface area contributed by atoms with Crippen LogP contribution in [-0.2, 0) is 5.75 Å². The maximum atomic E-state index is 9.74. The molecule has 120 valence electrons. The number of thioether (sulfide) groups is 1. The van der Waals surface area contributed by atoms with Gasteiger partial charge in [-0.15, -0.1) is 5.10 Å². The van der Waals surface area contributed by atoms with Gasteiger partial charge in [-0.1, -0.05) is 42.1 Å². The van der Waals surface area contributed by atoms with Crippen molar-refractivity contribution in [2.75, 3.05) is 7.11 Å². The fourth-order valence-corrected chi connectivity index (χ4v) is 2.36. The molecule has 0 spiro atoms. The monoisotopic (exact) mass is 331 g/mol. The van der Waals surface area contributed by atoms with Crippen LogP contribution >= 0.6 is 11.8 Å². The second-order valence-electron chi connectivity index (χ2n) is 4.54. The van der Waals surface area contributed by atoms with Crippen molar-refractivity contribution in [3.05, 3.63) is 53.6 Å². The van der Waals surface area contributed by atoms with Crippen LogP contribution in [0.25, 0.3) is 0 Å². The Kier molecular flexibility index (Phi) is 5.87. The van der Waals surface area contributed by atoms with Gasteiger partial charge in [0.15, 0.2) is 16.7 Å². The number of hydrogen-bond acceptors (Lipinski definition) is 6. The van der Waals surface area contributed by atoms with Gasteiger partial charge in [0.05, 0.1) is 13.3 Å². The van der Waals surface area contributed by atoms with Crippen LogP contribution in [0.4, 0.5) is 0 Å². The minimum absolute atomic E-state index is 0.127. The molecule has 0 bridgehead atoms. The summed E-state index contributed by atoms with van der Waals surface area (Å²) in [5.41, 5.74) is 7.28. The Bertz CT molecular complexity index is 718. The van der Waals surface area contributed by atoms with Crippen molar-refractivity contribution in [1.29, 1.82) is 0 Å². The molecule has 0 fully saturated rings. The predicted octanol–water partition coefficient (Wildman–Crippen LogP) is 2.69. The third-order valence-corrected chi connectivity index (χ3v) is 3.77. The molecule has 7 heteroatoms. The van der Waals surface area contributed by atoms with Gasteiger partial charge in [0.25, 0.3) is 0 Å². The number of benzene rings is 2. The fourth-order valence-electron chi connectivity index (χ4n) is 1.75. The third-order valence-electron chi connectivity index (χ3n) is 2.91. The highest BCUT2D eigenvalue weighted by Gasteiger charge is 2.07. The predicted molar refractivity (Wildman–Crippen MR) is 93.3 cm³/mol. The van der Waals surface area contributed by atoms with Crippen LogP contribution in [0.3, 0.4) is 0 Å². The van der Waals surface area contributed by atoms with Crippen molar-refractivity contribution in [1.82, 2.24) is 0 Å². The lowest BCUT2D eigenvalue weighted by molar-refractivity contribution is 0.369. The van der Waals surface area contributed by atoms with E-state index in [0.29, 0.717) is 16.5 Å². The number of rotatable bonds is 5. The molecular formula is C16H17N3O3S. The molecule has 23 heavy (non-hydrogen) atoms. The van der Waals surface area contributed by atoms with Crippen LogP contribution in [0.15, 0.2) is 52.7 Å².